The fraction of sp³-hybridized carbons (Fsp3) is 0.846. The van der Waals surface area contributed by atoms with Crippen LogP contribution in [-0.4, -0.2) is 49.1 Å². The van der Waals surface area contributed by atoms with Crippen LogP contribution in [0.2, 0.25) is 0 Å². The van der Waals surface area contributed by atoms with Crippen LogP contribution in [-0.2, 0) is 14.3 Å². The maximum Gasteiger partial charge on any atom is 0.245 e. The van der Waals surface area contributed by atoms with Crippen LogP contribution in [0, 0.1) is 5.92 Å². The third-order valence-corrected chi connectivity index (χ3v) is 3.02. The lowest BCUT2D eigenvalue weighted by Gasteiger charge is -2.29. The highest BCUT2D eigenvalue weighted by atomic mass is 16.5. The molecule has 5 heteroatoms. The molecule has 0 saturated carbocycles. The van der Waals surface area contributed by atoms with E-state index in [1.165, 1.54) is 0 Å². The van der Waals surface area contributed by atoms with Crippen molar-refractivity contribution in [1.82, 2.24) is 10.2 Å². The SMILES string of the molecule is CC(C)CCC(=O)N[C@H](C)C(=O)N1CCOCC1. The first-order valence-corrected chi connectivity index (χ1v) is 6.66. The lowest BCUT2D eigenvalue weighted by atomic mass is 10.1. The molecule has 1 aliphatic rings. The summed E-state index contributed by atoms with van der Waals surface area (Å²) in [7, 11) is 0. The van der Waals surface area contributed by atoms with Gasteiger partial charge in [0.15, 0.2) is 0 Å². The Morgan fingerprint density at radius 2 is 1.83 bits per heavy atom. The zero-order chi connectivity index (χ0) is 13.5. The third-order valence-electron chi connectivity index (χ3n) is 3.02. The van der Waals surface area contributed by atoms with Gasteiger partial charge in [-0.15, -0.1) is 0 Å². The summed E-state index contributed by atoms with van der Waals surface area (Å²) in [6, 6.07) is -0.442. The predicted molar refractivity (Wildman–Crippen MR) is 69.1 cm³/mol. The van der Waals surface area contributed by atoms with Crippen LogP contribution in [0.1, 0.15) is 33.6 Å². The number of carbonyl (C=O) groups is 2. The monoisotopic (exact) mass is 256 g/mol. The van der Waals surface area contributed by atoms with Crippen molar-refractivity contribution in [3.8, 4) is 0 Å². The van der Waals surface area contributed by atoms with Gasteiger partial charge in [-0.2, -0.15) is 0 Å². The van der Waals surface area contributed by atoms with Crippen molar-refractivity contribution in [1.29, 1.82) is 0 Å². The van der Waals surface area contributed by atoms with E-state index in [1.54, 1.807) is 11.8 Å². The third kappa shape index (κ3) is 5.04. The molecule has 0 aliphatic carbocycles. The Balaban J connectivity index is 2.32. The summed E-state index contributed by atoms with van der Waals surface area (Å²) in [5, 5.41) is 2.76. The molecule has 1 N–H and O–H groups in total. The Kier molecular flexibility index (Phi) is 6.12. The van der Waals surface area contributed by atoms with Gasteiger partial charge < -0.3 is 15.0 Å². The molecule has 0 aromatic heterocycles. The van der Waals surface area contributed by atoms with Gasteiger partial charge in [0.05, 0.1) is 13.2 Å². The molecular formula is C13H24N2O3. The van der Waals surface area contributed by atoms with Gasteiger partial charge in [-0.05, 0) is 19.3 Å². The number of hydrogen-bond acceptors (Lipinski definition) is 3. The van der Waals surface area contributed by atoms with Crippen molar-refractivity contribution in [2.24, 2.45) is 5.92 Å². The average Bonchev–Trinajstić information content (AvgIpc) is 2.36. The lowest BCUT2D eigenvalue weighted by molar-refractivity contribution is -0.139. The maximum atomic E-state index is 12.0. The van der Waals surface area contributed by atoms with Crippen molar-refractivity contribution in [3.63, 3.8) is 0 Å². The number of amides is 2. The fourth-order valence-electron chi connectivity index (χ4n) is 1.85. The first-order valence-electron chi connectivity index (χ1n) is 6.66. The summed E-state index contributed by atoms with van der Waals surface area (Å²) in [6.07, 6.45) is 1.34. The smallest absolute Gasteiger partial charge is 0.245 e. The zero-order valence-corrected chi connectivity index (χ0v) is 11.6. The van der Waals surface area contributed by atoms with Crippen molar-refractivity contribution in [2.45, 2.75) is 39.7 Å². The molecule has 2 amide bonds. The van der Waals surface area contributed by atoms with Crippen LogP contribution in [0.5, 0.6) is 0 Å². The number of rotatable bonds is 5. The molecule has 104 valence electrons. The van der Waals surface area contributed by atoms with Crippen LogP contribution < -0.4 is 5.32 Å². The van der Waals surface area contributed by atoms with E-state index >= 15 is 0 Å². The minimum atomic E-state index is -0.442. The second-order valence-electron chi connectivity index (χ2n) is 5.16. The van der Waals surface area contributed by atoms with Crippen LogP contribution in [0.25, 0.3) is 0 Å². The summed E-state index contributed by atoms with van der Waals surface area (Å²) in [5.74, 6) is 0.440. The summed E-state index contributed by atoms with van der Waals surface area (Å²) in [6.45, 7) is 8.30. The highest BCUT2D eigenvalue weighted by Crippen LogP contribution is 2.04. The summed E-state index contributed by atoms with van der Waals surface area (Å²) < 4.78 is 5.19. The van der Waals surface area contributed by atoms with Crippen LogP contribution in [0.15, 0.2) is 0 Å². The van der Waals surface area contributed by atoms with Crippen molar-refractivity contribution in [2.75, 3.05) is 26.3 Å². The second-order valence-corrected chi connectivity index (χ2v) is 5.16. The molecule has 1 aliphatic heterocycles. The van der Waals surface area contributed by atoms with Gasteiger partial charge >= 0.3 is 0 Å². The van der Waals surface area contributed by atoms with Crippen LogP contribution in [0.3, 0.4) is 0 Å². The van der Waals surface area contributed by atoms with E-state index in [1.807, 2.05) is 0 Å². The number of nitrogens with one attached hydrogen (secondary N) is 1. The second kappa shape index (κ2) is 7.36. The molecule has 1 rings (SSSR count). The highest BCUT2D eigenvalue weighted by Gasteiger charge is 2.23. The minimum absolute atomic E-state index is 0.0174. The first-order chi connectivity index (χ1) is 8.50. The van der Waals surface area contributed by atoms with Crippen LogP contribution in [0.4, 0.5) is 0 Å². The quantitative estimate of drug-likeness (QED) is 0.791. The van der Waals surface area contributed by atoms with Crippen molar-refractivity contribution >= 4 is 11.8 Å². The minimum Gasteiger partial charge on any atom is -0.378 e. The highest BCUT2D eigenvalue weighted by molar-refractivity contribution is 5.87. The van der Waals surface area contributed by atoms with E-state index in [-0.39, 0.29) is 11.8 Å². The van der Waals surface area contributed by atoms with E-state index in [0.29, 0.717) is 38.6 Å². The Morgan fingerprint density at radius 1 is 1.22 bits per heavy atom. The van der Waals surface area contributed by atoms with Gasteiger partial charge in [-0.3, -0.25) is 9.59 Å². The molecule has 0 bridgehead atoms. The molecule has 18 heavy (non-hydrogen) atoms. The Bertz CT molecular complexity index is 286. The molecule has 5 nitrogen and oxygen atoms in total. The lowest BCUT2D eigenvalue weighted by Crippen LogP contribution is -2.50. The zero-order valence-electron chi connectivity index (χ0n) is 11.6. The largest absolute Gasteiger partial charge is 0.378 e. The Labute approximate surface area is 109 Å². The maximum absolute atomic E-state index is 12.0. The van der Waals surface area contributed by atoms with E-state index in [0.717, 1.165) is 6.42 Å². The number of ether oxygens (including phenoxy) is 1. The predicted octanol–water partition coefficient (Wildman–Crippen LogP) is 0.786. The molecule has 1 saturated heterocycles. The van der Waals surface area contributed by atoms with Gasteiger partial charge in [0.25, 0.3) is 0 Å². The van der Waals surface area contributed by atoms with Crippen LogP contribution >= 0.6 is 0 Å². The molecular weight excluding hydrogens is 232 g/mol. The van der Waals surface area contributed by atoms with Gasteiger partial charge in [-0.25, -0.2) is 0 Å². The number of hydrogen-bond donors (Lipinski definition) is 1. The van der Waals surface area contributed by atoms with Gasteiger partial charge in [0.1, 0.15) is 6.04 Å². The van der Waals surface area contributed by atoms with Gasteiger partial charge in [0.2, 0.25) is 11.8 Å². The molecule has 1 atom stereocenters. The molecule has 0 radical (unpaired) electrons. The first kappa shape index (κ1) is 15.0. The normalized spacial score (nSPS) is 17.7. The Hall–Kier alpha value is -1.10. The average molecular weight is 256 g/mol. The van der Waals surface area contributed by atoms with Gasteiger partial charge in [-0.1, -0.05) is 13.8 Å². The summed E-state index contributed by atoms with van der Waals surface area (Å²) >= 11 is 0. The molecule has 0 aromatic rings. The topological polar surface area (TPSA) is 58.6 Å². The summed E-state index contributed by atoms with van der Waals surface area (Å²) in [5.41, 5.74) is 0. The summed E-state index contributed by atoms with van der Waals surface area (Å²) in [4.78, 5) is 25.4. The molecule has 0 aromatic carbocycles. The van der Waals surface area contributed by atoms with E-state index < -0.39 is 6.04 Å². The Morgan fingerprint density at radius 3 is 2.39 bits per heavy atom. The van der Waals surface area contributed by atoms with Crippen molar-refractivity contribution < 1.29 is 14.3 Å². The van der Waals surface area contributed by atoms with E-state index in [2.05, 4.69) is 19.2 Å². The van der Waals surface area contributed by atoms with Crippen molar-refractivity contribution in [3.05, 3.63) is 0 Å². The van der Waals surface area contributed by atoms with Gasteiger partial charge in [0, 0.05) is 19.5 Å². The fourth-order valence-corrected chi connectivity index (χ4v) is 1.85. The molecule has 0 spiro atoms. The molecule has 1 heterocycles. The molecule has 1 fully saturated rings. The number of carbonyl (C=O) groups excluding carboxylic acids is 2. The standard InChI is InChI=1S/C13H24N2O3/c1-10(2)4-5-12(16)14-11(3)13(17)15-6-8-18-9-7-15/h10-11H,4-9H2,1-3H3,(H,14,16)/t11-/m1/s1. The molecule has 0 unspecified atom stereocenters. The number of morpholine rings is 1. The number of nitrogens with zero attached hydrogens (tertiary/aromatic N) is 1. The van der Waals surface area contributed by atoms with E-state index in [9.17, 15) is 9.59 Å². The van der Waals surface area contributed by atoms with E-state index in [4.69, 9.17) is 4.74 Å².